The molecular weight excluding hydrogens is 623 g/mol. The number of rotatable bonds is 8. The van der Waals surface area contributed by atoms with Crippen molar-refractivity contribution in [2.45, 2.75) is 83.3 Å². The molecule has 0 aliphatic carbocycles. The summed E-state index contributed by atoms with van der Waals surface area (Å²) in [5.41, 5.74) is 5.20. The maximum atomic E-state index is 15.1. The van der Waals surface area contributed by atoms with E-state index in [1.54, 1.807) is 23.1 Å². The highest BCUT2D eigenvalue weighted by Gasteiger charge is 2.45. The summed E-state index contributed by atoms with van der Waals surface area (Å²) < 4.78 is 23.7. The van der Waals surface area contributed by atoms with Gasteiger partial charge in [-0.2, -0.15) is 15.1 Å². The highest BCUT2D eigenvalue weighted by atomic mass is 19.1. The molecule has 6 heterocycles. The molecule has 49 heavy (non-hydrogen) atoms. The van der Waals surface area contributed by atoms with Gasteiger partial charge in [-0.15, -0.1) is 0 Å². The zero-order valence-electron chi connectivity index (χ0n) is 28.8. The average molecular weight is 671 g/mol. The van der Waals surface area contributed by atoms with Crippen molar-refractivity contribution in [1.82, 2.24) is 29.5 Å². The largest absolute Gasteiger partial charge is 0.508 e. The van der Waals surface area contributed by atoms with Crippen LogP contribution in [0.5, 0.6) is 11.8 Å². The van der Waals surface area contributed by atoms with Gasteiger partial charge in [-0.25, -0.2) is 4.39 Å². The Morgan fingerprint density at radius 3 is 2.57 bits per heavy atom. The topological polar surface area (TPSA) is 106 Å². The number of fused-ring (bicyclic) bond motifs is 4. The normalized spacial score (nSPS) is 19.6. The number of benzene rings is 2. The summed E-state index contributed by atoms with van der Waals surface area (Å²) in [7, 11) is 3.68. The molecule has 2 N–H and O–H groups in total. The van der Waals surface area contributed by atoms with E-state index in [9.17, 15) is 10.2 Å². The van der Waals surface area contributed by atoms with Gasteiger partial charge in [0.05, 0.1) is 30.0 Å². The molecule has 0 amide bonds. The first-order valence-electron chi connectivity index (χ1n) is 17.9. The van der Waals surface area contributed by atoms with Crippen LogP contribution in [0, 0.1) is 5.82 Å². The lowest BCUT2D eigenvalue weighted by molar-refractivity contribution is 0.0352. The Bertz CT molecular complexity index is 1870. The standard InChI is InChI=1S/C37H47FN8O3/c1-4-27-29(38)9-8-24-18-26(47)20-32(33(24)27)43-17-10-28-31(22-43)39-36(49-23-37-11-5-14-45(37)15-6-12-37)40-34(28)44-13-7-16-46-25(21-44)19-30(41-46)35(48)42(2)3/h8-9,18-20,35,47-48H,4-7,10-17,21-23H2,1-3H3. The van der Waals surface area contributed by atoms with Crippen molar-refractivity contribution >= 4 is 22.3 Å². The Labute approximate surface area is 286 Å². The molecular formula is C37H47FN8O3. The maximum absolute atomic E-state index is 15.1. The van der Waals surface area contributed by atoms with Gasteiger partial charge < -0.3 is 24.7 Å². The number of aliphatic hydroxyl groups excluding tert-OH is 1. The van der Waals surface area contributed by atoms with Gasteiger partial charge in [-0.1, -0.05) is 13.0 Å². The molecule has 0 saturated carbocycles. The summed E-state index contributed by atoms with van der Waals surface area (Å²) in [5.74, 6) is 0.817. The number of aryl methyl sites for hydroxylation is 2. The third-order valence-corrected chi connectivity index (χ3v) is 11.2. The molecule has 0 bridgehead atoms. The molecule has 0 radical (unpaired) electrons. The second kappa shape index (κ2) is 12.7. The SMILES string of the molecule is CCc1c(F)ccc2cc(O)cc(N3CCc4c(nc(OCC56CCCN5CCC6)nc4N4CCCn5nc(C(O)N(C)C)cc5C4)C3)c12. The summed E-state index contributed by atoms with van der Waals surface area (Å²) >= 11 is 0. The van der Waals surface area contributed by atoms with Crippen molar-refractivity contribution in [3.05, 3.63) is 64.4 Å². The first-order valence-corrected chi connectivity index (χ1v) is 17.9. The Morgan fingerprint density at radius 2 is 1.80 bits per heavy atom. The fraction of sp³-hybridized carbons (Fsp3) is 0.541. The number of aliphatic hydroxyl groups is 1. The number of nitrogens with zero attached hydrogens (tertiary/aromatic N) is 8. The molecule has 0 spiro atoms. The van der Waals surface area contributed by atoms with Gasteiger partial charge in [-0.3, -0.25) is 14.5 Å². The number of ether oxygens (including phenoxy) is 1. The summed E-state index contributed by atoms with van der Waals surface area (Å²) in [4.78, 5) is 19.1. The van der Waals surface area contributed by atoms with Gasteiger partial charge in [-0.05, 0) is 101 Å². The smallest absolute Gasteiger partial charge is 0.318 e. The first-order chi connectivity index (χ1) is 23.7. The molecule has 4 aromatic rings. The zero-order chi connectivity index (χ0) is 33.9. The van der Waals surface area contributed by atoms with Gasteiger partial charge in [0.25, 0.3) is 0 Å². The van der Waals surface area contributed by atoms with Gasteiger partial charge in [0.15, 0.2) is 6.23 Å². The summed E-state index contributed by atoms with van der Waals surface area (Å²) in [5, 5.41) is 27.9. The minimum atomic E-state index is -0.772. The van der Waals surface area contributed by atoms with E-state index in [-0.39, 0.29) is 17.1 Å². The number of hydrogen-bond donors (Lipinski definition) is 2. The second-order valence-electron chi connectivity index (χ2n) is 14.5. The van der Waals surface area contributed by atoms with Crippen molar-refractivity contribution in [1.29, 1.82) is 0 Å². The minimum Gasteiger partial charge on any atom is -0.508 e. The van der Waals surface area contributed by atoms with E-state index >= 15 is 4.39 Å². The number of phenols is 1. The van der Waals surface area contributed by atoms with Crippen molar-refractivity contribution in [3.63, 3.8) is 0 Å². The van der Waals surface area contributed by atoms with E-state index in [1.807, 2.05) is 31.8 Å². The van der Waals surface area contributed by atoms with Crippen LogP contribution >= 0.6 is 0 Å². The van der Waals surface area contributed by atoms with E-state index in [1.165, 1.54) is 18.9 Å². The van der Waals surface area contributed by atoms with Crippen LogP contribution in [0.25, 0.3) is 10.8 Å². The maximum Gasteiger partial charge on any atom is 0.318 e. The molecule has 2 saturated heterocycles. The zero-order valence-corrected chi connectivity index (χ0v) is 28.8. The Hall–Kier alpha value is -4.00. The monoisotopic (exact) mass is 670 g/mol. The van der Waals surface area contributed by atoms with Gasteiger partial charge in [0.1, 0.15) is 29.7 Å². The Kier molecular flexibility index (Phi) is 8.36. The highest BCUT2D eigenvalue weighted by molar-refractivity contribution is 5.98. The number of aromatic hydroxyl groups is 1. The van der Waals surface area contributed by atoms with Gasteiger partial charge >= 0.3 is 6.01 Å². The Morgan fingerprint density at radius 1 is 0.980 bits per heavy atom. The highest BCUT2D eigenvalue weighted by Crippen LogP contribution is 2.41. The fourth-order valence-corrected chi connectivity index (χ4v) is 8.71. The van der Waals surface area contributed by atoms with Crippen molar-refractivity contribution in [2.75, 3.05) is 56.7 Å². The van der Waals surface area contributed by atoms with E-state index in [2.05, 4.69) is 14.7 Å². The van der Waals surface area contributed by atoms with Gasteiger partial charge in [0.2, 0.25) is 0 Å². The molecule has 2 fully saturated rings. The molecule has 1 atom stereocenters. The van der Waals surface area contributed by atoms with Crippen molar-refractivity contribution in [2.24, 2.45) is 0 Å². The van der Waals surface area contributed by atoms with Crippen LogP contribution in [0.1, 0.15) is 73.5 Å². The first kappa shape index (κ1) is 32.2. The van der Waals surface area contributed by atoms with Crippen LogP contribution in [-0.4, -0.2) is 92.2 Å². The predicted octanol–water partition coefficient (Wildman–Crippen LogP) is 4.77. The predicted molar refractivity (Wildman–Crippen MR) is 187 cm³/mol. The van der Waals surface area contributed by atoms with Crippen LogP contribution in [0.2, 0.25) is 0 Å². The molecule has 2 aromatic carbocycles. The molecule has 2 aromatic heterocycles. The quantitative estimate of drug-likeness (QED) is 0.255. The third-order valence-electron chi connectivity index (χ3n) is 11.2. The van der Waals surface area contributed by atoms with Crippen molar-refractivity contribution < 1.29 is 19.3 Å². The third kappa shape index (κ3) is 5.77. The number of hydrogen-bond acceptors (Lipinski definition) is 10. The van der Waals surface area contributed by atoms with Crippen LogP contribution in [0.15, 0.2) is 30.3 Å². The summed E-state index contributed by atoms with van der Waals surface area (Å²) in [6, 6.07) is 9.11. The van der Waals surface area contributed by atoms with Crippen LogP contribution < -0.4 is 14.5 Å². The summed E-state index contributed by atoms with van der Waals surface area (Å²) in [6.45, 7) is 8.11. The number of aromatic nitrogens is 4. The molecule has 1 unspecified atom stereocenters. The number of anilines is 2. The molecule has 4 aliphatic rings. The second-order valence-corrected chi connectivity index (χ2v) is 14.5. The summed E-state index contributed by atoms with van der Waals surface area (Å²) in [6.07, 6.45) is 6.01. The molecule has 8 rings (SSSR count). The van der Waals surface area contributed by atoms with Gasteiger partial charge in [0, 0.05) is 42.3 Å². The number of halogens is 1. The fourth-order valence-electron chi connectivity index (χ4n) is 8.71. The van der Waals surface area contributed by atoms with E-state index < -0.39 is 6.23 Å². The molecule has 260 valence electrons. The lowest BCUT2D eigenvalue weighted by Gasteiger charge is -2.35. The van der Waals surface area contributed by atoms with E-state index in [4.69, 9.17) is 19.8 Å². The average Bonchev–Trinajstić information content (AvgIpc) is 3.76. The Balaban J connectivity index is 1.17. The molecule has 11 nitrogen and oxygen atoms in total. The van der Waals surface area contributed by atoms with Crippen molar-refractivity contribution in [3.8, 4) is 11.8 Å². The van der Waals surface area contributed by atoms with Crippen LogP contribution in [0.4, 0.5) is 15.9 Å². The lowest BCUT2D eigenvalue weighted by Crippen LogP contribution is -2.43. The van der Waals surface area contributed by atoms with E-state index in [0.29, 0.717) is 56.4 Å². The lowest BCUT2D eigenvalue weighted by atomic mass is 9.95. The van der Waals surface area contributed by atoms with Crippen LogP contribution in [0.3, 0.4) is 0 Å². The van der Waals surface area contributed by atoms with E-state index in [0.717, 1.165) is 84.7 Å². The molecule has 4 aliphatic heterocycles. The molecule has 12 heteroatoms. The minimum absolute atomic E-state index is 0.0609. The van der Waals surface area contributed by atoms with Crippen LogP contribution in [-0.2, 0) is 32.5 Å². The number of phenolic OH excluding ortho intramolecular Hbond substituents is 1.